The minimum Gasteiger partial charge on any atom is -0.326 e. The predicted octanol–water partition coefficient (Wildman–Crippen LogP) is 3.18. The zero-order valence-electron chi connectivity index (χ0n) is 13.2. The van der Waals surface area contributed by atoms with Crippen molar-refractivity contribution in [2.24, 2.45) is 5.92 Å². The average Bonchev–Trinajstić information content (AvgIpc) is 3.01. The van der Waals surface area contributed by atoms with Crippen molar-refractivity contribution >= 4 is 43.0 Å². The van der Waals surface area contributed by atoms with E-state index in [0.717, 1.165) is 20.9 Å². The van der Waals surface area contributed by atoms with E-state index >= 15 is 0 Å². The van der Waals surface area contributed by atoms with Gasteiger partial charge in [-0.25, -0.2) is 13.4 Å². The summed E-state index contributed by atoms with van der Waals surface area (Å²) in [5.74, 6) is 0.538. The number of nitrogens with one attached hydrogen (secondary N) is 1. The molecule has 0 aliphatic carbocycles. The molecule has 23 heavy (non-hydrogen) atoms. The van der Waals surface area contributed by atoms with Gasteiger partial charge in [-0.3, -0.25) is 4.79 Å². The first-order chi connectivity index (χ1) is 10.8. The van der Waals surface area contributed by atoms with Gasteiger partial charge in [-0.2, -0.15) is 0 Å². The molecule has 0 radical (unpaired) electrons. The van der Waals surface area contributed by atoms with Crippen molar-refractivity contribution in [1.82, 2.24) is 4.98 Å². The number of anilines is 1. The van der Waals surface area contributed by atoms with Crippen LogP contribution < -0.4 is 5.32 Å². The van der Waals surface area contributed by atoms with Gasteiger partial charge >= 0.3 is 0 Å². The molecule has 5 nitrogen and oxygen atoms in total. The fourth-order valence-electron chi connectivity index (χ4n) is 2.77. The van der Waals surface area contributed by atoms with Crippen LogP contribution in [0, 0.1) is 5.92 Å². The van der Waals surface area contributed by atoms with Crippen molar-refractivity contribution < 1.29 is 13.2 Å². The number of sulfone groups is 1. The Morgan fingerprint density at radius 3 is 2.87 bits per heavy atom. The Kier molecular flexibility index (Phi) is 4.42. The highest BCUT2D eigenvalue weighted by Gasteiger charge is 2.29. The Bertz CT molecular complexity index is 840. The smallest absolute Gasteiger partial charge is 0.224 e. The maximum absolute atomic E-state index is 12.1. The first-order valence-corrected chi connectivity index (χ1v) is 10.4. The second-order valence-corrected chi connectivity index (χ2v) is 9.70. The van der Waals surface area contributed by atoms with E-state index in [2.05, 4.69) is 24.1 Å². The molecule has 0 bridgehead atoms. The van der Waals surface area contributed by atoms with E-state index in [1.165, 1.54) is 0 Å². The van der Waals surface area contributed by atoms with Crippen molar-refractivity contribution in [3.8, 4) is 0 Å². The van der Waals surface area contributed by atoms with Crippen molar-refractivity contribution in [2.75, 3.05) is 16.8 Å². The van der Waals surface area contributed by atoms with Crippen LogP contribution in [0.25, 0.3) is 10.2 Å². The van der Waals surface area contributed by atoms with Gasteiger partial charge < -0.3 is 5.32 Å². The largest absolute Gasteiger partial charge is 0.326 e. The third-order valence-electron chi connectivity index (χ3n) is 3.98. The van der Waals surface area contributed by atoms with Gasteiger partial charge in [-0.15, -0.1) is 11.3 Å². The summed E-state index contributed by atoms with van der Waals surface area (Å²) >= 11 is 1.64. The maximum Gasteiger partial charge on any atom is 0.224 e. The highest BCUT2D eigenvalue weighted by molar-refractivity contribution is 7.91. The molecular weight excluding hydrogens is 332 g/mol. The van der Waals surface area contributed by atoms with Crippen molar-refractivity contribution in [3.63, 3.8) is 0 Å². The van der Waals surface area contributed by atoms with Crippen LogP contribution in [-0.2, 0) is 14.6 Å². The Labute approximate surface area is 140 Å². The summed E-state index contributed by atoms with van der Waals surface area (Å²) in [4.78, 5) is 16.7. The molecule has 0 spiro atoms. The number of thiazole rings is 1. The Hall–Kier alpha value is -1.47. The van der Waals surface area contributed by atoms with Crippen LogP contribution in [-0.4, -0.2) is 30.8 Å². The summed E-state index contributed by atoms with van der Waals surface area (Å²) in [6.07, 6.45) is 0.846. The molecule has 3 rings (SSSR count). The normalized spacial score (nSPS) is 20.2. The van der Waals surface area contributed by atoms with Crippen LogP contribution in [0.1, 0.15) is 37.6 Å². The van der Waals surface area contributed by atoms with Gasteiger partial charge in [0, 0.05) is 18.0 Å². The van der Waals surface area contributed by atoms with Gasteiger partial charge in [-0.1, -0.05) is 13.8 Å². The van der Waals surface area contributed by atoms with Crippen LogP contribution in [0.15, 0.2) is 18.2 Å². The third kappa shape index (κ3) is 3.90. The summed E-state index contributed by atoms with van der Waals surface area (Å²) in [6.45, 7) is 4.21. The van der Waals surface area contributed by atoms with Crippen LogP contribution in [0.3, 0.4) is 0 Å². The van der Waals surface area contributed by atoms with Gasteiger partial charge in [0.05, 0.1) is 26.7 Å². The number of benzene rings is 1. The van der Waals surface area contributed by atoms with E-state index in [-0.39, 0.29) is 29.8 Å². The molecule has 1 unspecified atom stereocenters. The molecule has 124 valence electrons. The van der Waals surface area contributed by atoms with E-state index < -0.39 is 9.84 Å². The van der Waals surface area contributed by atoms with Gasteiger partial charge in [0.2, 0.25) is 5.91 Å². The standard InChI is InChI=1S/C16H20N2O3S2/c1-10(2)16-18-13-4-3-12(8-14(13)22-16)17-15(19)7-11-5-6-23(20,21)9-11/h3-4,8,10-11H,5-7,9H2,1-2H3,(H,17,19). The predicted molar refractivity (Wildman–Crippen MR) is 93.7 cm³/mol. The lowest BCUT2D eigenvalue weighted by molar-refractivity contribution is -0.116. The molecule has 1 aliphatic rings. The number of hydrogen-bond donors (Lipinski definition) is 1. The molecule has 1 N–H and O–H groups in total. The van der Waals surface area contributed by atoms with Crippen LogP contribution in [0.2, 0.25) is 0 Å². The molecule has 1 fully saturated rings. The fourth-order valence-corrected chi connectivity index (χ4v) is 5.65. The van der Waals surface area contributed by atoms with Gasteiger partial charge in [0.25, 0.3) is 0 Å². The minimum atomic E-state index is -2.93. The lowest BCUT2D eigenvalue weighted by Crippen LogP contribution is -2.17. The molecule has 1 aromatic carbocycles. The van der Waals surface area contributed by atoms with Crippen LogP contribution in [0.5, 0.6) is 0 Å². The van der Waals surface area contributed by atoms with Gasteiger partial charge in [0.1, 0.15) is 0 Å². The molecule has 2 heterocycles. The molecule has 1 aliphatic heterocycles. The molecule has 1 saturated heterocycles. The first-order valence-electron chi connectivity index (χ1n) is 7.73. The second-order valence-electron chi connectivity index (χ2n) is 6.41. The number of fused-ring (bicyclic) bond motifs is 1. The van der Waals surface area contributed by atoms with E-state index in [1.54, 1.807) is 11.3 Å². The van der Waals surface area contributed by atoms with Crippen LogP contribution in [0.4, 0.5) is 5.69 Å². The third-order valence-corrected chi connectivity index (χ3v) is 7.14. The number of aromatic nitrogens is 1. The number of amides is 1. The van der Waals surface area contributed by atoms with Crippen molar-refractivity contribution in [1.29, 1.82) is 0 Å². The number of rotatable bonds is 4. The summed E-state index contributed by atoms with van der Waals surface area (Å²) in [6, 6.07) is 5.69. The quantitative estimate of drug-likeness (QED) is 0.917. The Morgan fingerprint density at radius 1 is 1.43 bits per heavy atom. The average molecular weight is 352 g/mol. The molecule has 0 saturated carbocycles. The molecule has 1 amide bonds. The summed E-state index contributed by atoms with van der Waals surface area (Å²) in [7, 11) is -2.93. The molecule has 1 aromatic heterocycles. The summed E-state index contributed by atoms with van der Waals surface area (Å²) in [5.41, 5.74) is 1.68. The SMILES string of the molecule is CC(C)c1nc2ccc(NC(=O)CC3CCS(=O)(=O)C3)cc2s1. The lowest BCUT2D eigenvalue weighted by Gasteiger charge is -2.08. The highest BCUT2D eigenvalue weighted by atomic mass is 32.2. The number of nitrogens with zero attached hydrogens (tertiary/aromatic N) is 1. The number of hydrogen-bond acceptors (Lipinski definition) is 5. The lowest BCUT2D eigenvalue weighted by atomic mass is 10.1. The highest BCUT2D eigenvalue weighted by Crippen LogP contribution is 2.29. The van der Waals surface area contributed by atoms with E-state index in [4.69, 9.17) is 0 Å². The zero-order chi connectivity index (χ0) is 16.6. The Morgan fingerprint density at radius 2 is 2.22 bits per heavy atom. The number of carbonyl (C=O) groups is 1. The topological polar surface area (TPSA) is 76.1 Å². The van der Waals surface area contributed by atoms with Gasteiger partial charge in [0.15, 0.2) is 9.84 Å². The monoisotopic (exact) mass is 352 g/mol. The summed E-state index contributed by atoms with van der Waals surface area (Å²) in [5, 5.41) is 3.95. The first kappa shape index (κ1) is 16.4. The fraction of sp³-hybridized carbons (Fsp3) is 0.500. The van der Waals surface area contributed by atoms with E-state index in [0.29, 0.717) is 12.3 Å². The second kappa shape index (κ2) is 6.20. The van der Waals surface area contributed by atoms with E-state index in [9.17, 15) is 13.2 Å². The van der Waals surface area contributed by atoms with E-state index in [1.807, 2.05) is 18.2 Å². The molecular formula is C16H20N2O3S2. The zero-order valence-corrected chi connectivity index (χ0v) is 14.8. The van der Waals surface area contributed by atoms with Gasteiger partial charge in [-0.05, 0) is 30.5 Å². The van der Waals surface area contributed by atoms with Crippen molar-refractivity contribution in [3.05, 3.63) is 23.2 Å². The minimum absolute atomic E-state index is 0.0559. The maximum atomic E-state index is 12.1. The van der Waals surface area contributed by atoms with Crippen LogP contribution >= 0.6 is 11.3 Å². The molecule has 7 heteroatoms. The van der Waals surface area contributed by atoms with Crippen molar-refractivity contribution in [2.45, 2.75) is 32.6 Å². The molecule has 1 atom stereocenters. The summed E-state index contributed by atoms with van der Waals surface area (Å²) < 4.78 is 23.9. The Balaban J connectivity index is 1.67. The number of carbonyl (C=O) groups excluding carboxylic acids is 1. The molecule has 2 aromatic rings.